The Hall–Kier alpha value is -2.93. The van der Waals surface area contributed by atoms with Crippen LogP contribution in [0.25, 0.3) is 11.3 Å². The molecule has 0 fully saturated rings. The van der Waals surface area contributed by atoms with Gasteiger partial charge in [-0.05, 0) is 37.6 Å². The molecule has 27 heavy (non-hydrogen) atoms. The van der Waals surface area contributed by atoms with Crippen molar-refractivity contribution in [2.75, 3.05) is 11.9 Å². The molecule has 3 aromatic rings. The second-order valence-corrected chi connectivity index (χ2v) is 6.74. The maximum atomic E-state index is 14.1. The maximum absolute atomic E-state index is 14.1. The predicted molar refractivity (Wildman–Crippen MR) is 102 cm³/mol. The number of anilines is 2. The van der Waals surface area contributed by atoms with E-state index in [2.05, 4.69) is 20.6 Å². The van der Waals surface area contributed by atoms with E-state index in [4.69, 9.17) is 11.6 Å². The molecule has 1 aliphatic heterocycles. The zero-order valence-corrected chi connectivity index (χ0v) is 15.6. The van der Waals surface area contributed by atoms with E-state index >= 15 is 0 Å². The normalized spacial score (nSPS) is 13.3. The van der Waals surface area contributed by atoms with E-state index in [1.54, 1.807) is 24.4 Å². The highest BCUT2D eigenvalue weighted by molar-refractivity contribution is 6.31. The molecular formula is C19H17ClFN5O. The van der Waals surface area contributed by atoms with Gasteiger partial charge in [-0.2, -0.15) is 0 Å². The van der Waals surface area contributed by atoms with Crippen LogP contribution in [0, 0.1) is 19.7 Å². The topological polar surface area (TPSA) is 71.8 Å². The fraction of sp³-hybridized carbons (Fsp3) is 0.211. The van der Waals surface area contributed by atoms with Crippen molar-refractivity contribution in [1.29, 1.82) is 0 Å². The maximum Gasteiger partial charge on any atom is 0.268 e. The largest absolute Gasteiger partial charge is 0.349 e. The molecule has 2 aromatic heterocycles. The lowest BCUT2D eigenvalue weighted by Gasteiger charge is -2.17. The van der Waals surface area contributed by atoms with Crippen molar-refractivity contribution in [3.63, 3.8) is 0 Å². The molecule has 8 heteroatoms. The smallest absolute Gasteiger partial charge is 0.268 e. The standard InChI is InChI=1S/C19H17ClFN5O/c1-10-15(11(2)26-9-8-22-18(27)17(10)26)13-6-7-23-19(24-13)25-14-5-3-4-12(20)16(14)21/h3-7H,8-9H2,1-2H3,(H,22,27)(H,23,24,25). The van der Waals surface area contributed by atoms with Crippen LogP contribution in [0.5, 0.6) is 0 Å². The molecule has 0 spiro atoms. The van der Waals surface area contributed by atoms with Gasteiger partial charge in [-0.15, -0.1) is 0 Å². The average molecular weight is 386 g/mol. The zero-order valence-electron chi connectivity index (χ0n) is 14.8. The van der Waals surface area contributed by atoms with Crippen molar-refractivity contribution in [1.82, 2.24) is 19.9 Å². The van der Waals surface area contributed by atoms with Crippen LogP contribution in [-0.4, -0.2) is 27.0 Å². The second kappa shape index (κ2) is 6.66. The Balaban J connectivity index is 1.76. The van der Waals surface area contributed by atoms with Crippen LogP contribution >= 0.6 is 11.6 Å². The highest BCUT2D eigenvalue weighted by atomic mass is 35.5. The monoisotopic (exact) mass is 385 g/mol. The van der Waals surface area contributed by atoms with Crippen molar-refractivity contribution in [3.05, 3.63) is 58.3 Å². The Morgan fingerprint density at radius 2 is 2.11 bits per heavy atom. The van der Waals surface area contributed by atoms with Crippen LogP contribution in [0.1, 0.15) is 21.7 Å². The molecule has 3 heterocycles. The Bertz CT molecular complexity index is 1060. The Labute approximate surface area is 160 Å². The summed E-state index contributed by atoms with van der Waals surface area (Å²) in [6.45, 7) is 5.20. The third-order valence-electron chi connectivity index (χ3n) is 4.71. The van der Waals surface area contributed by atoms with Gasteiger partial charge in [-0.25, -0.2) is 14.4 Å². The number of halogens is 2. The molecule has 6 nitrogen and oxygen atoms in total. The van der Waals surface area contributed by atoms with Crippen LogP contribution in [0.4, 0.5) is 16.0 Å². The van der Waals surface area contributed by atoms with Gasteiger partial charge in [0.25, 0.3) is 5.91 Å². The zero-order chi connectivity index (χ0) is 19.1. The number of hydrogen-bond donors (Lipinski definition) is 2. The highest BCUT2D eigenvalue weighted by Gasteiger charge is 2.26. The fourth-order valence-electron chi connectivity index (χ4n) is 3.49. The van der Waals surface area contributed by atoms with Gasteiger partial charge in [0, 0.05) is 30.5 Å². The number of hydrogen-bond acceptors (Lipinski definition) is 4. The summed E-state index contributed by atoms with van der Waals surface area (Å²) < 4.78 is 16.1. The summed E-state index contributed by atoms with van der Waals surface area (Å²) in [7, 11) is 0. The molecule has 0 bridgehead atoms. The number of rotatable bonds is 3. The summed E-state index contributed by atoms with van der Waals surface area (Å²) in [4.78, 5) is 20.9. The number of benzene rings is 1. The van der Waals surface area contributed by atoms with E-state index in [1.807, 2.05) is 18.4 Å². The molecule has 4 rings (SSSR count). The lowest BCUT2D eigenvalue weighted by Crippen LogP contribution is -2.35. The summed E-state index contributed by atoms with van der Waals surface area (Å²) >= 11 is 5.82. The number of amides is 1. The average Bonchev–Trinajstić information content (AvgIpc) is 2.91. The van der Waals surface area contributed by atoms with Crippen LogP contribution in [0.2, 0.25) is 5.02 Å². The first-order valence-corrected chi connectivity index (χ1v) is 8.87. The van der Waals surface area contributed by atoms with Gasteiger partial charge in [0.2, 0.25) is 5.95 Å². The highest BCUT2D eigenvalue weighted by Crippen LogP contribution is 2.32. The number of fused-ring (bicyclic) bond motifs is 1. The van der Waals surface area contributed by atoms with Gasteiger partial charge in [0.15, 0.2) is 5.82 Å². The van der Waals surface area contributed by atoms with Crippen molar-refractivity contribution < 1.29 is 9.18 Å². The molecule has 1 amide bonds. The van der Waals surface area contributed by atoms with Crippen molar-refractivity contribution >= 4 is 29.1 Å². The van der Waals surface area contributed by atoms with Crippen molar-refractivity contribution in [2.24, 2.45) is 0 Å². The number of nitrogens with zero attached hydrogens (tertiary/aromatic N) is 3. The van der Waals surface area contributed by atoms with E-state index < -0.39 is 5.82 Å². The molecule has 138 valence electrons. The minimum atomic E-state index is -0.559. The number of nitrogens with one attached hydrogen (secondary N) is 2. The molecule has 1 aliphatic rings. The van der Waals surface area contributed by atoms with Gasteiger partial charge in [-0.3, -0.25) is 4.79 Å². The summed E-state index contributed by atoms with van der Waals surface area (Å²) in [5.74, 6) is -0.390. The van der Waals surface area contributed by atoms with Gasteiger partial charge in [0.1, 0.15) is 5.69 Å². The first kappa shape index (κ1) is 17.5. The Morgan fingerprint density at radius 3 is 2.89 bits per heavy atom. The molecule has 1 aromatic carbocycles. The van der Waals surface area contributed by atoms with E-state index in [0.29, 0.717) is 17.9 Å². The lowest BCUT2D eigenvalue weighted by atomic mass is 10.1. The fourth-order valence-corrected chi connectivity index (χ4v) is 3.66. The van der Waals surface area contributed by atoms with Crippen LogP contribution < -0.4 is 10.6 Å². The van der Waals surface area contributed by atoms with Crippen molar-refractivity contribution in [3.8, 4) is 11.3 Å². The quantitative estimate of drug-likeness (QED) is 0.718. The lowest BCUT2D eigenvalue weighted by molar-refractivity contribution is 0.0926. The third-order valence-corrected chi connectivity index (χ3v) is 5.00. The van der Waals surface area contributed by atoms with Gasteiger partial charge < -0.3 is 15.2 Å². The summed E-state index contributed by atoms with van der Waals surface area (Å²) in [6, 6.07) is 6.46. The minimum Gasteiger partial charge on any atom is -0.349 e. The third kappa shape index (κ3) is 2.94. The van der Waals surface area contributed by atoms with E-state index in [0.717, 1.165) is 23.4 Å². The molecule has 0 radical (unpaired) electrons. The van der Waals surface area contributed by atoms with Crippen LogP contribution in [-0.2, 0) is 6.54 Å². The molecule has 0 unspecified atom stereocenters. The van der Waals surface area contributed by atoms with Gasteiger partial charge in [-0.1, -0.05) is 17.7 Å². The van der Waals surface area contributed by atoms with Crippen LogP contribution in [0.3, 0.4) is 0 Å². The van der Waals surface area contributed by atoms with Crippen molar-refractivity contribution in [2.45, 2.75) is 20.4 Å². The molecule has 0 saturated heterocycles. The number of carbonyl (C=O) groups is 1. The molecule has 0 atom stereocenters. The molecule has 2 N–H and O–H groups in total. The first-order valence-electron chi connectivity index (χ1n) is 8.49. The Kier molecular flexibility index (Phi) is 4.31. The number of aromatic nitrogens is 3. The van der Waals surface area contributed by atoms with Crippen LogP contribution in [0.15, 0.2) is 30.5 Å². The Morgan fingerprint density at radius 1 is 1.30 bits per heavy atom. The summed E-state index contributed by atoms with van der Waals surface area (Å²) in [5.41, 5.74) is 4.24. The minimum absolute atomic E-state index is 0.0222. The molecule has 0 saturated carbocycles. The van der Waals surface area contributed by atoms with Gasteiger partial charge in [0.05, 0.1) is 16.4 Å². The first-order chi connectivity index (χ1) is 13.0. The molecular weight excluding hydrogens is 369 g/mol. The van der Waals surface area contributed by atoms with E-state index in [-0.39, 0.29) is 22.6 Å². The van der Waals surface area contributed by atoms with E-state index in [9.17, 15) is 9.18 Å². The summed E-state index contributed by atoms with van der Waals surface area (Å²) in [5, 5.41) is 5.75. The summed E-state index contributed by atoms with van der Waals surface area (Å²) in [6.07, 6.45) is 1.60. The molecule has 0 aliphatic carbocycles. The SMILES string of the molecule is Cc1c(-c2ccnc(Nc3cccc(Cl)c3F)n2)c(C)n2c1C(=O)NCC2. The van der Waals surface area contributed by atoms with Gasteiger partial charge >= 0.3 is 0 Å². The second-order valence-electron chi connectivity index (χ2n) is 6.33. The van der Waals surface area contributed by atoms with E-state index in [1.165, 1.54) is 6.07 Å². The number of carbonyl (C=O) groups excluding carboxylic acids is 1. The predicted octanol–water partition coefficient (Wildman–Crippen LogP) is 3.84.